The van der Waals surface area contributed by atoms with Crippen LogP contribution < -0.4 is 11.1 Å². The van der Waals surface area contributed by atoms with E-state index in [-0.39, 0.29) is 35.5 Å². The third-order valence-electron chi connectivity index (χ3n) is 4.58. The standard InChI is InChI=1S/C13H22N2O4/c1-12(2)9(13(12,3)4)10(17)15-7(11(18)19)5-6-8(14)16/h7,9H,5-6H2,1-4H3,(H2,14,16)(H,15,17)(H,18,19). The zero-order chi connectivity index (χ0) is 15.0. The fourth-order valence-electron chi connectivity index (χ4n) is 2.65. The van der Waals surface area contributed by atoms with Crippen molar-refractivity contribution >= 4 is 17.8 Å². The van der Waals surface area contributed by atoms with E-state index in [9.17, 15) is 14.4 Å². The van der Waals surface area contributed by atoms with Crippen LogP contribution in [-0.2, 0) is 14.4 Å². The number of rotatable bonds is 6. The molecule has 1 fully saturated rings. The number of primary amides is 1. The quantitative estimate of drug-likeness (QED) is 0.653. The average Bonchev–Trinajstić information content (AvgIpc) is 2.63. The summed E-state index contributed by atoms with van der Waals surface area (Å²) in [4.78, 5) is 33.8. The number of hydrogen-bond acceptors (Lipinski definition) is 3. The fourth-order valence-corrected chi connectivity index (χ4v) is 2.65. The number of aliphatic carboxylic acids is 1. The maximum absolute atomic E-state index is 12.1. The number of carboxylic acid groups (broad SMARTS) is 1. The third kappa shape index (κ3) is 2.88. The molecule has 0 aliphatic heterocycles. The molecule has 1 aliphatic carbocycles. The van der Waals surface area contributed by atoms with Crippen molar-refractivity contribution in [2.45, 2.75) is 46.6 Å². The first-order chi connectivity index (χ1) is 8.51. The Labute approximate surface area is 112 Å². The summed E-state index contributed by atoms with van der Waals surface area (Å²) in [6.45, 7) is 7.93. The van der Waals surface area contributed by atoms with Crippen molar-refractivity contribution in [2.24, 2.45) is 22.5 Å². The Morgan fingerprint density at radius 2 is 1.68 bits per heavy atom. The molecule has 1 saturated carbocycles. The Hall–Kier alpha value is -1.59. The van der Waals surface area contributed by atoms with E-state index < -0.39 is 17.9 Å². The van der Waals surface area contributed by atoms with Crippen molar-refractivity contribution in [3.8, 4) is 0 Å². The molecule has 4 N–H and O–H groups in total. The van der Waals surface area contributed by atoms with Crippen LogP contribution in [0.25, 0.3) is 0 Å². The Bertz CT molecular complexity index is 401. The summed E-state index contributed by atoms with van der Waals surface area (Å²) < 4.78 is 0. The minimum absolute atomic E-state index is 0.0178. The van der Waals surface area contributed by atoms with Gasteiger partial charge in [-0.3, -0.25) is 9.59 Å². The van der Waals surface area contributed by atoms with E-state index in [0.29, 0.717) is 0 Å². The zero-order valence-electron chi connectivity index (χ0n) is 11.8. The molecular weight excluding hydrogens is 248 g/mol. The molecule has 1 unspecified atom stereocenters. The molecule has 1 aliphatic rings. The largest absolute Gasteiger partial charge is 0.480 e. The minimum atomic E-state index is -1.15. The van der Waals surface area contributed by atoms with Gasteiger partial charge in [0.2, 0.25) is 11.8 Å². The second-order valence-corrected chi connectivity index (χ2v) is 6.28. The molecule has 0 saturated heterocycles. The summed E-state index contributed by atoms with van der Waals surface area (Å²) in [5.74, 6) is -2.21. The number of amides is 2. The van der Waals surface area contributed by atoms with Crippen molar-refractivity contribution in [2.75, 3.05) is 0 Å². The molecular formula is C13H22N2O4. The van der Waals surface area contributed by atoms with E-state index in [1.54, 1.807) is 0 Å². The lowest BCUT2D eigenvalue weighted by molar-refractivity contribution is -0.142. The Morgan fingerprint density at radius 1 is 1.21 bits per heavy atom. The van der Waals surface area contributed by atoms with E-state index in [2.05, 4.69) is 5.32 Å². The molecule has 0 bridgehead atoms. The molecule has 0 aromatic heterocycles. The first-order valence-corrected chi connectivity index (χ1v) is 6.33. The van der Waals surface area contributed by atoms with Gasteiger partial charge in [0.15, 0.2) is 0 Å². The lowest BCUT2D eigenvalue weighted by Gasteiger charge is -2.14. The van der Waals surface area contributed by atoms with Crippen LogP contribution in [0.15, 0.2) is 0 Å². The molecule has 0 aromatic rings. The SMILES string of the molecule is CC1(C)C(C(=O)NC(CCC(N)=O)C(=O)O)C1(C)C. The molecule has 108 valence electrons. The van der Waals surface area contributed by atoms with E-state index in [0.717, 1.165) is 0 Å². The van der Waals surface area contributed by atoms with Gasteiger partial charge in [-0.1, -0.05) is 27.7 Å². The van der Waals surface area contributed by atoms with Gasteiger partial charge >= 0.3 is 5.97 Å². The molecule has 2 amide bonds. The van der Waals surface area contributed by atoms with Crippen LogP contribution in [0.3, 0.4) is 0 Å². The number of carbonyl (C=O) groups is 3. The molecule has 1 rings (SSSR count). The molecule has 0 heterocycles. The van der Waals surface area contributed by atoms with Crippen LogP contribution in [0.2, 0.25) is 0 Å². The van der Waals surface area contributed by atoms with Crippen LogP contribution >= 0.6 is 0 Å². The molecule has 0 spiro atoms. The van der Waals surface area contributed by atoms with E-state index in [1.165, 1.54) is 0 Å². The van der Waals surface area contributed by atoms with E-state index >= 15 is 0 Å². The average molecular weight is 270 g/mol. The van der Waals surface area contributed by atoms with Gasteiger partial charge in [-0.25, -0.2) is 4.79 Å². The maximum Gasteiger partial charge on any atom is 0.326 e. The third-order valence-corrected chi connectivity index (χ3v) is 4.58. The zero-order valence-corrected chi connectivity index (χ0v) is 11.8. The monoisotopic (exact) mass is 270 g/mol. The Balaban J connectivity index is 2.64. The van der Waals surface area contributed by atoms with Gasteiger partial charge < -0.3 is 16.2 Å². The summed E-state index contributed by atoms with van der Waals surface area (Å²) in [6.07, 6.45) is -0.0430. The number of nitrogens with one attached hydrogen (secondary N) is 1. The second-order valence-electron chi connectivity index (χ2n) is 6.28. The Kier molecular flexibility index (Phi) is 3.93. The minimum Gasteiger partial charge on any atom is -0.480 e. The van der Waals surface area contributed by atoms with Crippen molar-refractivity contribution < 1.29 is 19.5 Å². The first-order valence-electron chi connectivity index (χ1n) is 6.33. The van der Waals surface area contributed by atoms with Crippen LogP contribution in [0, 0.1) is 16.7 Å². The number of carbonyl (C=O) groups excluding carboxylic acids is 2. The maximum atomic E-state index is 12.1. The molecule has 19 heavy (non-hydrogen) atoms. The van der Waals surface area contributed by atoms with Crippen molar-refractivity contribution in [3.63, 3.8) is 0 Å². The highest BCUT2D eigenvalue weighted by Gasteiger charge is 2.68. The first kappa shape index (κ1) is 15.5. The van der Waals surface area contributed by atoms with Gasteiger partial charge in [0.25, 0.3) is 0 Å². The normalized spacial score (nSPS) is 21.5. The lowest BCUT2D eigenvalue weighted by Crippen LogP contribution is -2.43. The van der Waals surface area contributed by atoms with E-state index in [1.807, 2.05) is 27.7 Å². The summed E-state index contributed by atoms with van der Waals surface area (Å²) in [6, 6.07) is -1.06. The Morgan fingerprint density at radius 3 is 2.00 bits per heavy atom. The van der Waals surface area contributed by atoms with E-state index in [4.69, 9.17) is 10.8 Å². The van der Waals surface area contributed by atoms with Crippen LogP contribution in [0.5, 0.6) is 0 Å². The molecule has 6 heteroatoms. The van der Waals surface area contributed by atoms with Crippen molar-refractivity contribution in [1.29, 1.82) is 0 Å². The number of carboxylic acids is 1. The topological polar surface area (TPSA) is 109 Å². The summed E-state index contributed by atoms with van der Waals surface area (Å²) in [7, 11) is 0. The highest BCUT2D eigenvalue weighted by Crippen LogP contribution is 2.68. The lowest BCUT2D eigenvalue weighted by atomic mass is 10.0. The summed E-state index contributed by atoms with van der Waals surface area (Å²) in [5.41, 5.74) is 4.69. The number of nitrogens with two attached hydrogens (primary N) is 1. The van der Waals surface area contributed by atoms with Crippen LogP contribution in [-0.4, -0.2) is 28.9 Å². The van der Waals surface area contributed by atoms with Gasteiger partial charge in [0.05, 0.1) is 0 Å². The second kappa shape index (κ2) is 4.83. The van der Waals surface area contributed by atoms with Gasteiger partial charge in [0, 0.05) is 12.3 Å². The predicted molar refractivity (Wildman–Crippen MR) is 69.0 cm³/mol. The van der Waals surface area contributed by atoms with Gasteiger partial charge in [-0.05, 0) is 17.3 Å². The highest BCUT2D eigenvalue weighted by molar-refractivity contribution is 5.88. The van der Waals surface area contributed by atoms with Gasteiger partial charge in [-0.2, -0.15) is 0 Å². The fraction of sp³-hybridized carbons (Fsp3) is 0.769. The van der Waals surface area contributed by atoms with Crippen LogP contribution in [0.1, 0.15) is 40.5 Å². The summed E-state index contributed by atoms with van der Waals surface area (Å²) >= 11 is 0. The highest BCUT2D eigenvalue weighted by atomic mass is 16.4. The molecule has 6 nitrogen and oxygen atoms in total. The van der Waals surface area contributed by atoms with Crippen molar-refractivity contribution in [1.82, 2.24) is 5.32 Å². The molecule has 1 atom stereocenters. The molecule has 0 radical (unpaired) electrons. The summed E-state index contributed by atoms with van der Waals surface area (Å²) in [5, 5.41) is 11.5. The predicted octanol–water partition coefficient (Wildman–Crippen LogP) is 0.504. The van der Waals surface area contributed by atoms with Gasteiger partial charge in [-0.15, -0.1) is 0 Å². The van der Waals surface area contributed by atoms with Gasteiger partial charge in [0.1, 0.15) is 6.04 Å². The van der Waals surface area contributed by atoms with Crippen LogP contribution in [0.4, 0.5) is 0 Å². The smallest absolute Gasteiger partial charge is 0.326 e. The molecule has 0 aromatic carbocycles. The van der Waals surface area contributed by atoms with Crippen molar-refractivity contribution in [3.05, 3.63) is 0 Å². The number of hydrogen-bond donors (Lipinski definition) is 3.